The van der Waals surface area contributed by atoms with Crippen molar-refractivity contribution in [3.05, 3.63) is 11.8 Å². The van der Waals surface area contributed by atoms with Crippen LogP contribution in [0.5, 0.6) is 5.88 Å². The van der Waals surface area contributed by atoms with Crippen LogP contribution in [0, 0.1) is 17.8 Å². The normalized spacial score (nSPS) is 31.8. The molecule has 1 amide bonds. The van der Waals surface area contributed by atoms with Crippen LogP contribution in [0.2, 0.25) is 0 Å². The molecule has 1 heterocycles. The monoisotopic (exact) mass is 359 g/mol. The summed E-state index contributed by atoms with van der Waals surface area (Å²) in [7, 11) is 1.86. The molecule has 0 saturated heterocycles. The minimum absolute atomic E-state index is 0.00460. The Kier molecular flexibility index (Phi) is 5.23. The van der Waals surface area contributed by atoms with Crippen molar-refractivity contribution in [2.45, 2.75) is 83.3 Å². The van der Waals surface area contributed by atoms with Crippen molar-refractivity contribution in [1.29, 1.82) is 0 Å². The lowest BCUT2D eigenvalue weighted by Crippen LogP contribution is -2.29. The summed E-state index contributed by atoms with van der Waals surface area (Å²) in [6, 6.07) is 0.361. The highest BCUT2D eigenvalue weighted by Gasteiger charge is 2.52. The van der Waals surface area contributed by atoms with Gasteiger partial charge in [0.2, 0.25) is 5.88 Å². The third-order valence-corrected chi connectivity index (χ3v) is 6.92. The number of aryl methyl sites for hydroxylation is 1. The SMILES string of the molecule is CCC1CCCC2C(C1)C2NC(=O)c1cnn(C)c1OC1CCCCC1. The molecule has 4 atom stereocenters. The van der Waals surface area contributed by atoms with E-state index in [0.717, 1.165) is 18.8 Å². The number of carbonyl (C=O) groups excluding carboxylic acids is 1. The van der Waals surface area contributed by atoms with Crippen molar-refractivity contribution in [1.82, 2.24) is 15.1 Å². The Labute approximate surface area is 156 Å². The number of fused-ring (bicyclic) bond motifs is 1. The maximum atomic E-state index is 12.9. The Morgan fingerprint density at radius 3 is 2.77 bits per heavy atom. The van der Waals surface area contributed by atoms with Gasteiger partial charge >= 0.3 is 0 Å². The van der Waals surface area contributed by atoms with Gasteiger partial charge in [-0.25, -0.2) is 4.68 Å². The molecule has 0 radical (unpaired) electrons. The van der Waals surface area contributed by atoms with Gasteiger partial charge in [0.15, 0.2) is 0 Å². The number of rotatable bonds is 5. The topological polar surface area (TPSA) is 56.2 Å². The fraction of sp³-hybridized carbons (Fsp3) is 0.810. The van der Waals surface area contributed by atoms with E-state index in [2.05, 4.69) is 17.3 Å². The van der Waals surface area contributed by atoms with Gasteiger partial charge in [0.1, 0.15) is 11.7 Å². The number of hydrogen-bond donors (Lipinski definition) is 1. The molecule has 26 heavy (non-hydrogen) atoms. The van der Waals surface area contributed by atoms with Crippen molar-refractivity contribution in [2.75, 3.05) is 0 Å². The summed E-state index contributed by atoms with van der Waals surface area (Å²) < 4.78 is 7.90. The molecular formula is C21H33N3O2. The van der Waals surface area contributed by atoms with Gasteiger partial charge in [-0.1, -0.05) is 32.6 Å². The van der Waals surface area contributed by atoms with Gasteiger partial charge in [-0.15, -0.1) is 0 Å². The molecule has 0 bridgehead atoms. The summed E-state index contributed by atoms with van der Waals surface area (Å²) in [6.45, 7) is 2.30. The van der Waals surface area contributed by atoms with E-state index in [4.69, 9.17) is 4.74 Å². The first-order valence-corrected chi connectivity index (χ1v) is 10.7. The van der Waals surface area contributed by atoms with Crippen LogP contribution in [0.25, 0.3) is 0 Å². The molecule has 3 fully saturated rings. The van der Waals surface area contributed by atoms with E-state index in [1.165, 1.54) is 51.4 Å². The van der Waals surface area contributed by atoms with E-state index in [1.807, 2.05) is 7.05 Å². The van der Waals surface area contributed by atoms with Crippen molar-refractivity contribution < 1.29 is 9.53 Å². The summed E-state index contributed by atoms with van der Waals surface area (Å²) in [5.41, 5.74) is 0.603. The average Bonchev–Trinajstić information content (AvgIpc) is 3.23. The van der Waals surface area contributed by atoms with E-state index in [1.54, 1.807) is 10.9 Å². The lowest BCUT2D eigenvalue weighted by Gasteiger charge is -2.23. The minimum Gasteiger partial charge on any atom is -0.474 e. The number of hydrogen-bond acceptors (Lipinski definition) is 3. The summed E-state index contributed by atoms with van der Waals surface area (Å²) >= 11 is 0. The third-order valence-electron chi connectivity index (χ3n) is 6.92. The van der Waals surface area contributed by atoms with Gasteiger partial charge in [-0.3, -0.25) is 4.79 Å². The smallest absolute Gasteiger partial charge is 0.258 e. The molecule has 1 aromatic rings. The number of carbonyl (C=O) groups is 1. The zero-order valence-electron chi connectivity index (χ0n) is 16.2. The largest absolute Gasteiger partial charge is 0.474 e. The van der Waals surface area contributed by atoms with Gasteiger partial charge in [0.25, 0.3) is 5.91 Å². The van der Waals surface area contributed by atoms with Crippen molar-refractivity contribution in [2.24, 2.45) is 24.8 Å². The van der Waals surface area contributed by atoms with E-state index < -0.39 is 0 Å². The molecule has 4 rings (SSSR count). The first-order chi connectivity index (χ1) is 12.7. The number of amides is 1. The van der Waals surface area contributed by atoms with E-state index in [9.17, 15) is 4.79 Å². The lowest BCUT2D eigenvalue weighted by molar-refractivity contribution is 0.0931. The second-order valence-corrected chi connectivity index (χ2v) is 8.63. The molecule has 3 aliphatic carbocycles. The van der Waals surface area contributed by atoms with Gasteiger partial charge in [-0.2, -0.15) is 5.10 Å². The molecule has 3 saturated carbocycles. The predicted octanol–water partition coefficient (Wildman–Crippen LogP) is 4.08. The Bertz CT molecular complexity index is 635. The molecule has 0 aliphatic heterocycles. The average molecular weight is 360 g/mol. The molecule has 3 aliphatic rings. The fourth-order valence-corrected chi connectivity index (χ4v) is 5.18. The maximum Gasteiger partial charge on any atom is 0.258 e. The third kappa shape index (κ3) is 3.63. The van der Waals surface area contributed by atoms with E-state index in [0.29, 0.717) is 29.3 Å². The van der Waals surface area contributed by atoms with Crippen LogP contribution in [-0.4, -0.2) is 27.8 Å². The first-order valence-electron chi connectivity index (χ1n) is 10.7. The van der Waals surface area contributed by atoms with Gasteiger partial charge in [-0.05, 0) is 56.3 Å². The van der Waals surface area contributed by atoms with Gasteiger partial charge in [0, 0.05) is 13.1 Å². The number of aromatic nitrogens is 2. The predicted molar refractivity (Wildman–Crippen MR) is 101 cm³/mol. The van der Waals surface area contributed by atoms with Crippen molar-refractivity contribution >= 4 is 5.91 Å². The highest BCUT2D eigenvalue weighted by molar-refractivity contribution is 5.96. The molecule has 1 N–H and O–H groups in total. The van der Waals surface area contributed by atoms with Crippen molar-refractivity contribution in [3.8, 4) is 5.88 Å². The van der Waals surface area contributed by atoms with Gasteiger partial charge in [0.05, 0.1) is 6.20 Å². The summed E-state index contributed by atoms with van der Waals surface area (Å²) in [5.74, 6) is 2.85. The second-order valence-electron chi connectivity index (χ2n) is 8.63. The van der Waals surface area contributed by atoms with Crippen LogP contribution < -0.4 is 10.1 Å². The van der Waals surface area contributed by atoms with Crippen LogP contribution in [0.1, 0.15) is 81.5 Å². The van der Waals surface area contributed by atoms with Crippen LogP contribution in [0.4, 0.5) is 0 Å². The Balaban J connectivity index is 1.39. The number of nitrogens with one attached hydrogen (secondary N) is 1. The summed E-state index contributed by atoms with van der Waals surface area (Å²) in [5, 5.41) is 7.60. The van der Waals surface area contributed by atoms with Gasteiger partial charge < -0.3 is 10.1 Å². The molecule has 1 aromatic heterocycles. The number of nitrogens with zero attached hydrogens (tertiary/aromatic N) is 2. The van der Waals surface area contributed by atoms with E-state index >= 15 is 0 Å². The fourth-order valence-electron chi connectivity index (χ4n) is 5.18. The van der Waals surface area contributed by atoms with Crippen LogP contribution in [0.3, 0.4) is 0 Å². The Morgan fingerprint density at radius 2 is 2.00 bits per heavy atom. The summed E-state index contributed by atoms with van der Waals surface area (Å²) in [6.07, 6.45) is 14.3. The molecule has 5 heteroatoms. The quantitative estimate of drug-likeness (QED) is 0.862. The highest BCUT2D eigenvalue weighted by Crippen LogP contribution is 2.50. The zero-order chi connectivity index (χ0) is 18.1. The first kappa shape index (κ1) is 17.9. The molecular weight excluding hydrogens is 326 g/mol. The molecule has 0 spiro atoms. The summed E-state index contributed by atoms with van der Waals surface area (Å²) in [4.78, 5) is 12.9. The Hall–Kier alpha value is -1.52. The molecule has 4 unspecified atom stereocenters. The zero-order valence-corrected chi connectivity index (χ0v) is 16.2. The maximum absolute atomic E-state index is 12.9. The number of ether oxygens (including phenoxy) is 1. The van der Waals surface area contributed by atoms with E-state index in [-0.39, 0.29) is 12.0 Å². The van der Waals surface area contributed by atoms with Crippen LogP contribution in [-0.2, 0) is 7.05 Å². The minimum atomic E-state index is -0.00460. The molecule has 144 valence electrons. The van der Waals surface area contributed by atoms with Crippen LogP contribution in [0.15, 0.2) is 6.20 Å². The standard InChI is InChI=1S/C21H33N3O2/c1-3-14-8-7-11-16-17(12-14)19(16)23-20(25)18-13-22-24(2)21(18)26-15-9-5-4-6-10-15/h13-17,19H,3-12H2,1-2H3,(H,23,25). The molecule has 0 aromatic carbocycles. The second kappa shape index (κ2) is 7.61. The lowest BCUT2D eigenvalue weighted by atomic mass is 9.95. The van der Waals surface area contributed by atoms with Crippen LogP contribution >= 0.6 is 0 Å². The highest BCUT2D eigenvalue weighted by atomic mass is 16.5. The van der Waals surface area contributed by atoms with Crippen molar-refractivity contribution in [3.63, 3.8) is 0 Å². The Morgan fingerprint density at radius 1 is 1.19 bits per heavy atom. The molecule has 5 nitrogen and oxygen atoms in total.